The molecule has 0 aliphatic heterocycles. The van der Waals surface area contributed by atoms with Gasteiger partial charge in [-0.2, -0.15) is 13.2 Å². The summed E-state index contributed by atoms with van der Waals surface area (Å²) >= 11 is 5.70. The van der Waals surface area contributed by atoms with Crippen LogP contribution >= 0.6 is 11.6 Å². The Morgan fingerprint density at radius 2 is 1.84 bits per heavy atom. The first-order valence-electron chi connectivity index (χ1n) is 6.36. The van der Waals surface area contributed by atoms with Crippen molar-refractivity contribution < 1.29 is 13.2 Å². The second-order valence-corrected chi connectivity index (χ2v) is 5.08. The van der Waals surface area contributed by atoms with Crippen molar-refractivity contribution in [3.63, 3.8) is 0 Å². The van der Waals surface area contributed by atoms with Crippen LogP contribution in [0.5, 0.6) is 0 Å². The van der Waals surface area contributed by atoms with Gasteiger partial charge in [-0.05, 0) is 43.0 Å². The van der Waals surface area contributed by atoms with E-state index in [1.54, 1.807) is 0 Å². The quantitative estimate of drug-likeness (QED) is 0.578. The summed E-state index contributed by atoms with van der Waals surface area (Å²) in [5, 5.41) is 3.22. The third-order valence-electron chi connectivity index (χ3n) is 2.92. The van der Waals surface area contributed by atoms with Gasteiger partial charge in [0.1, 0.15) is 0 Å². The lowest BCUT2D eigenvalue weighted by Crippen LogP contribution is -2.16. The SMILES string of the molecule is CC(CCl)CCCNCc1ccc(C(F)(F)F)cc1. The van der Waals surface area contributed by atoms with Crippen LogP contribution in [0.3, 0.4) is 0 Å². The first kappa shape index (κ1) is 16.3. The molecule has 0 bridgehead atoms. The Morgan fingerprint density at radius 1 is 1.21 bits per heavy atom. The van der Waals surface area contributed by atoms with Gasteiger partial charge in [0.15, 0.2) is 0 Å². The summed E-state index contributed by atoms with van der Waals surface area (Å²) in [6, 6.07) is 5.26. The number of alkyl halides is 4. The minimum Gasteiger partial charge on any atom is -0.313 e. The minimum absolute atomic E-state index is 0.509. The highest BCUT2D eigenvalue weighted by molar-refractivity contribution is 6.18. The summed E-state index contributed by atoms with van der Waals surface area (Å²) in [5.74, 6) is 1.17. The number of hydrogen-bond donors (Lipinski definition) is 1. The van der Waals surface area contributed by atoms with Crippen molar-refractivity contribution in [3.05, 3.63) is 35.4 Å². The molecular formula is C14H19ClF3N. The van der Waals surface area contributed by atoms with Crippen molar-refractivity contribution in [2.24, 2.45) is 5.92 Å². The van der Waals surface area contributed by atoms with Crippen LogP contribution in [0, 0.1) is 5.92 Å². The lowest BCUT2D eigenvalue weighted by atomic mass is 10.1. The van der Waals surface area contributed by atoms with Gasteiger partial charge in [-0.3, -0.25) is 0 Å². The van der Waals surface area contributed by atoms with E-state index in [1.807, 2.05) is 0 Å². The average molecular weight is 294 g/mol. The van der Waals surface area contributed by atoms with Crippen molar-refractivity contribution in [3.8, 4) is 0 Å². The van der Waals surface area contributed by atoms with Crippen LogP contribution in [0.1, 0.15) is 30.9 Å². The molecule has 1 nitrogen and oxygen atoms in total. The fourth-order valence-corrected chi connectivity index (χ4v) is 1.85. The molecule has 1 unspecified atom stereocenters. The lowest BCUT2D eigenvalue weighted by molar-refractivity contribution is -0.137. The van der Waals surface area contributed by atoms with Gasteiger partial charge < -0.3 is 5.32 Å². The molecular weight excluding hydrogens is 275 g/mol. The molecule has 1 rings (SSSR count). The lowest BCUT2D eigenvalue weighted by Gasteiger charge is -2.09. The highest BCUT2D eigenvalue weighted by atomic mass is 35.5. The van der Waals surface area contributed by atoms with E-state index in [0.29, 0.717) is 18.3 Å². The van der Waals surface area contributed by atoms with Crippen LogP contribution in [0.25, 0.3) is 0 Å². The third-order valence-corrected chi connectivity index (χ3v) is 3.45. The zero-order chi connectivity index (χ0) is 14.3. The largest absolute Gasteiger partial charge is 0.416 e. The van der Waals surface area contributed by atoms with Gasteiger partial charge in [0.05, 0.1) is 5.56 Å². The van der Waals surface area contributed by atoms with E-state index in [9.17, 15) is 13.2 Å². The molecule has 19 heavy (non-hydrogen) atoms. The van der Waals surface area contributed by atoms with Gasteiger partial charge in [-0.1, -0.05) is 19.1 Å². The van der Waals surface area contributed by atoms with Crippen LogP contribution < -0.4 is 5.32 Å². The molecule has 1 atom stereocenters. The third kappa shape index (κ3) is 6.30. The van der Waals surface area contributed by atoms with Gasteiger partial charge >= 0.3 is 6.18 Å². The van der Waals surface area contributed by atoms with E-state index in [0.717, 1.165) is 37.1 Å². The summed E-state index contributed by atoms with van der Waals surface area (Å²) in [7, 11) is 0. The van der Waals surface area contributed by atoms with Crippen LogP contribution in [-0.4, -0.2) is 12.4 Å². The first-order valence-corrected chi connectivity index (χ1v) is 6.89. The van der Waals surface area contributed by atoms with E-state index >= 15 is 0 Å². The Bertz CT molecular complexity index is 362. The molecule has 1 N–H and O–H groups in total. The monoisotopic (exact) mass is 293 g/mol. The molecule has 0 amide bonds. The molecule has 1 aromatic rings. The number of nitrogens with one attached hydrogen (secondary N) is 1. The number of halogens is 4. The van der Waals surface area contributed by atoms with Crippen molar-refractivity contribution >= 4 is 11.6 Å². The molecule has 5 heteroatoms. The molecule has 0 aliphatic carbocycles. The van der Waals surface area contributed by atoms with Crippen LogP contribution in [0.2, 0.25) is 0 Å². The maximum atomic E-state index is 12.4. The molecule has 0 radical (unpaired) electrons. The molecule has 0 aromatic heterocycles. The van der Waals surface area contributed by atoms with Crippen LogP contribution in [-0.2, 0) is 12.7 Å². The average Bonchev–Trinajstić information content (AvgIpc) is 2.37. The maximum absolute atomic E-state index is 12.4. The molecule has 108 valence electrons. The van der Waals surface area contributed by atoms with Gasteiger partial charge in [0.25, 0.3) is 0 Å². The molecule has 0 heterocycles. The zero-order valence-corrected chi connectivity index (χ0v) is 11.7. The maximum Gasteiger partial charge on any atom is 0.416 e. The van der Waals surface area contributed by atoms with Crippen LogP contribution in [0.4, 0.5) is 13.2 Å². The summed E-state index contributed by atoms with van der Waals surface area (Å²) in [6.45, 7) is 3.54. The predicted molar refractivity (Wildman–Crippen MR) is 72.3 cm³/mol. The second-order valence-electron chi connectivity index (χ2n) is 4.77. The van der Waals surface area contributed by atoms with Gasteiger partial charge in [0, 0.05) is 12.4 Å². The fourth-order valence-electron chi connectivity index (χ4n) is 1.70. The van der Waals surface area contributed by atoms with Crippen molar-refractivity contribution in [1.29, 1.82) is 0 Å². The highest BCUT2D eigenvalue weighted by Crippen LogP contribution is 2.28. The summed E-state index contributed by atoms with van der Waals surface area (Å²) < 4.78 is 37.1. The van der Waals surface area contributed by atoms with Gasteiger partial charge in [-0.25, -0.2) is 0 Å². The molecule has 0 fully saturated rings. The summed E-state index contributed by atoms with van der Waals surface area (Å²) in [6.07, 6.45) is -2.18. The Hall–Kier alpha value is -0.740. The van der Waals surface area contributed by atoms with E-state index in [1.165, 1.54) is 12.1 Å². The van der Waals surface area contributed by atoms with Crippen molar-refractivity contribution in [2.75, 3.05) is 12.4 Å². The van der Waals surface area contributed by atoms with E-state index in [4.69, 9.17) is 11.6 Å². The van der Waals surface area contributed by atoms with Gasteiger partial charge in [0.2, 0.25) is 0 Å². The molecule has 1 aromatic carbocycles. The molecule has 0 spiro atoms. The summed E-state index contributed by atoms with van der Waals surface area (Å²) in [4.78, 5) is 0. The standard InChI is InChI=1S/C14H19ClF3N/c1-11(9-15)3-2-8-19-10-12-4-6-13(7-5-12)14(16,17)18/h4-7,11,19H,2-3,8-10H2,1H3. The topological polar surface area (TPSA) is 12.0 Å². The van der Waals surface area contributed by atoms with Crippen LogP contribution in [0.15, 0.2) is 24.3 Å². The Balaban J connectivity index is 2.27. The molecule has 0 saturated heterocycles. The Labute approximate surface area is 117 Å². The molecule has 0 aliphatic rings. The highest BCUT2D eigenvalue weighted by Gasteiger charge is 2.29. The zero-order valence-electron chi connectivity index (χ0n) is 10.9. The normalized spacial score (nSPS) is 13.5. The predicted octanol–water partition coefficient (Wildman–Crippen LogP) is 4.45. The number of benzene rings is 1. The Kier molecular flexibility index (Phi) is 6.66. The fraction of sp³-hybridized carbons (Fsp3) is 0.571. The Morgan fingerprint density at radius 3 is 2.37 bits per heavy atom. The second kappa shape index (κ2) is 7.75. The minimum atomic E-state index is -4.26. The van der Waals surface area contributed by atoms with E-state index in [-0.39, 0.29) is 0 Å². The number of hydrogen-bond acceptors (Lipinski definition) is 1. The van der Waals surface area contributed by atoms with Crippen molar-refractivity contribution in [2.45, 2.75) is 32.5 Å². The first-order chi connectivity index (χ1) is 8.93. The molecule has 0 saturated carbocycles. The van der Waals surface area contributed by atoms with Gasteiger partial charge in [-0.15, -0.1) is 11.6 Å². The van der Waals surface area contributed by atoms with E-state index in [2.05, 4.69) is 12.2 Å². The van der Waals surface area contributed by atoms with Crippen molar-refractivity contribution in [1.82, 2.24) is 5.32 Å². The smallest absolute Gasteiger partial charge is 0.313 e. The number of rotatable bonds is 7. The summed E-state index contributed by atoms with van der Waals surface area (Å²) in [5.41, 5.74) is 0.255. The van der Waals surface area contributed by atoms with E-state index < -0.39 is 11.7 Å².